The molecule has 2 aromatic rings. The van der Waals surface area contributed by atoms with Crippen LogP contribution in [0.5, 0.6) is 0 Å². The van der Waals surface area contributed by atoms with Crippen LogP contribution >= 0.6 is 0 Å². The van der Waals surface area contributed by atoms with Gasteiger partial charge in [0.2, 0.25) is 0 Å². The first-order valence-electron chi connectivity index (χ1n) is 10.1. The first-order valence-corrected chi connectivity index (χ1v) is 10.1. The van der Waals surface area contributed by atoms with Crippen molar-refractivity contribution in [2.75, 3.05) is 48.3 Å². The van der Waals surface area contributed by atoms with Crippen LogP contribution in [-0.2, 0) is 6.42 Å². The average Bonchev–Trinajstić information content (AvgIpc) is 2.75. The van der Waals surface area contributed by atoms with Gasteiger partial charge in [0, 0.05) is 49.8 Å². The van der Waals surface area contributed by atoms with Crippen LogP contribution in [0.2, 0.25) is 0 Å². The van der Waals surface area contributed by atoms with Crippen molar-refractivity contribution in [3.63, 3.8) is 0 Å². The SMILES string of the molecule is CCNC(=O)N1CCN(c2ccc(NC(=O)Nc3ccc(CC)cc3)cc2)CC1. The fourth-order valence-electron chi connectivity index (χ4n) is 3.30. The van der Waals surface area contributed by atoms with Crippen molar-refractivity contribution in [1.29, 1.82) is 0 Å². The van der Waals surface area contributed by atoms with E-state index in [1.165, 1.54) is 5.56 Å². The molecule has 1 aliphatic heterocycles. The molecule has 1 fully saturated rings. The normalized spacial score (nSPS) is 13.7. The molecule has 29 heavy (non-hydrogen) atoms. The summed E-state index contributed by atoms with van der Waals surface area (Å²) in [6.07, 6.45) is 0.972. The summed E-state index contributed by atoms with van der Waals surface area (Å²) >= 11 is 0. The number of aryl methyl sites for hydroxylation is 1. The predicted octanol–water partition coefficient (Wildman–Crippen LogP) is 3.74. The third kappa shape index (κ3) is 5.63. The van der Waals surface area contributed by atoms with Crippen LogP contribution in [0.4, 0.5) is 26.7 Å². The highest BCUT2D eigenvalue weighted by atomic mass is 16.2. The number of amides is 4. The number of nitrogens with one attached hydrogen (secondary N) is 3. The number of nitrogens with zero attached hydrogens (tertiary/aromatic N) is 2. The molecule has 2 aromatic carbocycles. The highest BCUT2D eigenvalue weighted by Gasteiger charge is 2.20. The summed E-state index contributed by atoms with van der Waals surface area (Å²) < 4.78 is 0. The summed E-state index contributed by atoms with van der Waals surface area (Å²) in [6.45, 7) is 7.64. The Morgan fingerprint density at radius 2 is 1.38 bits per heavy atom. The van der Waals surface area contributed by atoms with Gasteiger partial charge in [-0.1, -0.05) is 19.1 Å². The molecule has 154 valence electrons. The van der Waals surface area contributed by atoms with Gasteiger partial charge in [0.05, 0.1) is 0 Å². The van der Waals surface area contributed by atoms with Crippen molar-refractivity contribution in [1.82, 2.24) is 10.2 Å². The number of carbonyl (C=O) groups is 2. The second-order valence-electron chi connectivity index (χ2n) is 6.99. The van der Waals surface area contributed by atoms with Gasteiger partial charge in [-0.15, -0.1) is 0 Å². The lowest BCUT2D eigenvalue weighted by molar-refractivity contribution is 0.195. The molecule has 3 rings (SSSR count). The molecule has 0 spiro atoms. The fourth-order valence-corrected chi connectivity index (χ4v) is 3.30. The van der Waals surface area contributed by atoms with E-state index in [1.807, 2.05) is 60.4 Å². The van der Waals surface area contributed by atoms with Gasteiger partial charge in [0.15, 0.2) is 0 Å². The van der Waals surface area contributed by atoms with Gasteiger partial charge in [-0.25, -0.2) is 9.59 Å². The Balaban J connectivity index is 1.49. The summed E-state index contributed by atoms with van der Waals surface area (Å²) in [5.74, 6) is 0. The van der Waals surface area contributed by atoms with E-state index in [0.29, 0.717) is 19.6 Å². The monoisotopic (exact) mass is 395 g/mol. The third-order valence-corrected chi connectivity index (χ3v) is 5.01. The summed E-state index contributed by atoms with van der Waals surface area (Å²) in [5.41, 5.74) is 3.82. The van der Waals surface area contributed by atoms with Crippen LogP contribution in [0.3, 0.4) is 0 Å². The summed E-state index contributed by atoms with van der Waals surface area (Å²) in [4.78, 5) is 28.2. The molecule has 7 nitrogen and oxygen atoms in total. The highest BCUT2D eigenvalue weighted by Crippen LogP contribution is 2.20. The lowest BCUT2D eigenvalue weighted by atomic mass is 10.1. The second kappa shape index (κ2) is 9.82. The maximum Gasteiger partial charge on any atom is 0.323 e. The lowest BCUT2D eigenvalue weighted by Crippen LogP contribution is -2.51. The Morgan fingerprint density at radius 1 is 0.828 bits per heavy atom. The van der Waals surface area contributed by atoms with Gasteiger partial charge in [-0.3, -0.25) is 0 Å². The minimum atomic E-state index is -0.266. The summed E-state index contributed by atoms with van der Waals surface area (Å²) in [7, 11) is 0. The molecule has 0 unspecified atom stereocenters. The molecule has 1 saturated heterocycles. The minimum absolute atomic E-state index is 0.00189. The number of hydrogen-bond acceptors (Lipinski definition) is 3. The molecule has 0 bridgehead atoms. The zero-order valence-electron chi connectivity index (χ0n) is 17.1. The van der Waals surface area contributed by atoms with Gasteiger partial charge < -0.3 is 25.8 Å². The number of benzene rings is 2. The molecular formula is C22H29N5O2. The standard InChI is InChI=1S/C22H29N5O2/c1-3-17-5-7-18(8-6-17)24-21(28)25-19-9-11-20(12-10-19)26-13-15-27(16-14-26)22(29)23-4-2/h5-12H,3-4,13-16H2,1-2H3,(H,23,29)(H2,24,25,28). The number of carbonyl (C=O) groups excluding carboxylic acids is 2. The van der Waals surface area contributed by atoms with Gasteiger partial charge in [0.1, 0.15) is 0 Å². The van der Waals surface area contributed by atoms with Crippen molar-refractivity contribution in [2.24, 2.45) is 0 Å². The predicted molar refractivity (Wildman–Crippen MR) is 118 cm³/mol. The van der Waals surface area contributed by atoms with Crippen LogP contribution in [-0.4, -0.2) is 49.7 Å². The molecule has 4 amide bonds. The molecule has 0 radical (unpaired) electrons. The van der Waals surface area contributed by atoms with Crippen LogP contribution in [0.15, 0.2) is 48.5 Å². The molecule has 1 aliphatic rings. The first-order chi connectivity index (χ1) is 14.1. The van der Waals surface area contributed by atoms with Crippen molar-refractivity contribution in [3.05, 3.63) is 54.1 Å². The van der Waals surface area contributed by atoms with Crippen LogP contribution < -0.4 is 20.9 Å². The number of anilines is 3. The average molecular weight is 396 g/mol. The van der Waals surface area contributed by atoms with E-state index >= 15 is 0 Å². The Hall–Kier alpha value is -3.22. The summed E-state index contributed by atoms with van der Waals surface area (Å²) in [6, 6.07) is 15.3. The first kappa shape index (κ1) is 20.5. The Labute approximate surface area is 172 Å². The Kier molecular flexibility index (Phi) is 6.94. The summed E-state index contributed by atoms with van der Waals surface area (Å²) in [5, 5.41) is 8.54. The third-order valence-electron chi connectivity index (χ3n) is 5.01. The van der Waals surface area contributed by atoms with Crippen molar-refractivity contribution in [3.8, 4) is 0 Å². The van der Waals surface area contributed by atoms with E-state index in [9.17, 15) is 9.59 Å². The molecule has 7 heteroatoms. The molecule has 0 saturated carbocycles. The van der Waals surface area contributed by atoms with E-state index < -0.39 is 0 Å². The molecule has 0 aliphatic carbocycles. The van der Waals surface area contributed by atoms with E-state index in [2.05, 4.69) is 27.8 Å². The lowest BCUT2D eigenvalue weighted by Gasteiger charge is -2.36. The van der Waals surface area contributed by atoms with Crippen molar-refractivity contribution >= 4 is 29.1 Å². The number of hydrogen-bond donors (Lipinski definition) is 3. The van der Waals surface area contributed by atoms with Crippen LogP contribution in [0.1, 0.15) is 19.4 Å². The maximum absolute atomic E-state index is 12.2. The van der Waals surface area contributed by atoms with Crippen molar-refractivity contribution < 1.29 is 9.59 Å². The van der Waals surface area contributed by atoms with E-state index in [0.717, 1.165) is 36.6 Å². The largest absolute Gasteiger partial charge is 0.368 e. The molecule has 0 atom stereocenters. The zero-order chi connectivity index (χ0) is 20.6. The number of piperazine rings is 1. The highest BCUT2D eigenvalue weighted by molar-refractivity contribution is 5.99. The zero-order valence-corrected chi connectivity index (χ0v) is 17.1. The minimum Gasteiger partial charge on any atom is -0.368 e. The Morgan fingerprint density at radius 3 is 1.90 bits per heavy atom. The molecule has 0 aromatic heterocycles. The topological polar surface area (TPSA) is 76.7 Å². The molecule has 1 heterocycles. The Bertz CT molecular complexity index is 812. The van der Waals surface area contributed by atoms with E-state index in [-0.39, 0.29) is 12.1 Å². The van der Waals surface area contributed by atoms with Gasteiger partial charge in [-0.2, -0.15) is 0 Å². The fraction of sp³-hybridized carbons (Fsp3) is 0.364. The quantitative estimate of drug-likeness (QED) is 0.722. The van der Waals surface area contributed by atoms with E-state index in [1.54, 1.807) is 0 Å². The van der Waals surface area contributed by atoms with Crippen LogP contribution in [0, 0.1) is 0 Å². The number of rotatable bonds is 5. The van der Waals surface area contributed by atoms with Crippen molar-refractivity contribution in [2.45, 2.75) is 20.3 Å². The maximum atomic E-state index is 12.2. The smallest absolute Gasteiger partial charge is 0.323 e. The second-order valence-corrected chi connectivity index (χ2v) is 6.99. The van der Waals surface area contributed by atoms with E-state index in [4.69, 9.17) is 0 Å². The molecule has 3 N–H and O–H groups in total. The van der Waals surface area contributed by atoms with Gasteiger partial charge in [0.25, 0.3) is 0 Å². The molecular weight excluding hydrogens is 366 g/mol. The van der Waals surface area contributed by atoms with Gasteiger partial charge in [-0.05, 0) is 55.3 Å². The van der Waals surface area contributed by atoms with Gasteiger partial charge >= 0.3 is 12.1 Å². The number of urea groups is 2. The van der Waals surface area contributed by atoms with Crippen LogP contribution in [0.25, 0.3) is 0 Å².